The van der Waals surface area contributed by atoms with Crippen LogP contribution in [0.2, 0.25) is 0 Å². The number of likely N-dealkylation sites (N-methyl/N-ethyl adjacent to an activating group) is 1. The zero-order valence-electron chi connectivity index (χ0n) is 17.8. The van der Waals surface area contributed by atoms with E-state index in [0.717, 1.165) is 0 Å². The summed E-state index contributed by atoms with van der Waals surface area (Å²) in [5, 5.41) is 10.8. The van der Waals surface area contributed by atoms with E-state index in [1.54, 1.807) is 37.8 Å². The number of carbonyl (C=O) groups excluding carboxylic acids is 3. The number of halogens is 1. The van der Waals surface area contributed by atoms with Gasteiger partial charge in [0, 0.05) is 59.3 Å². The molecule has 0 saturated heterocycles. The number of nitrogens with zero attached hydrogens (tertiary/aromatic N) is 4. The molecule has 4 rings (SSSR count). The third-order valence-corrected chi connectivity index (χ3v) is 6.06. The molecule has 2 aliphatic rings. The van der Waals surface area contributed by atoms with E-state index in [9.17, 15) is 23.9 Å². The lowest BCUT2D eigenvalue weighted by Gasteiger charge is -2.37. The third kappa shape index (κ3) is 3.54. The first kappa shape index (κ1) is 20.9. The van der Waals surface area contributed by atoms with Gasteiger partial charge in [-0.3, -0.25) is 14.4 Å². The topological polar surface area (TPSA) is 86.1 Å². The second-order valence-corrected chi connectivity index (χ2v) is 8.31. The van der Waals surface area contributed by atoms with Gasteiger partial charge in [0.1, 0.15) is 11.4 Å². The molecule has 0 aliphatic carbocycles. The molecule has 1 N–H and O–H groups in total. The van der Waals surface area contributed by atoms with Gasteiger partial charge >= 0.3 is 0 Å². The largest absolute Gasteiger partial charge is 0.505 e. The lowest BCUT2D eigenvalue weighted by molar-refractivity contribution is -0.130. The molecular formula is C22H25FN4O4. The Morgan fingerprint density at radius 1 is 1.19 bits per heavy atom. The van der Waals surface area contributed by atoms with E-state index in [0.29, 0.717) is 30.8 Å². The Hall–Kier alpha value is -3.36. The average Bonchev–Trinajstić information content (AvgIpc) is 3.01. The highest BCUT2D eigenvalue weighted by Crippen LogP contribution is 2.38. The molecule has 0 radical (unpaired) electrons. The van der Waals surface area contributed by atoms with Crippen molar-refractivity contribution in [2.75, 3.05) is 27.7 Å². The molecule has 0 saturated carbocycles. The summed E-state index contributed by atoms with van der Waals surface area (Å²) in [5.74, 6) is -1.59. The molecule has 3 amide bonds. The zero-order chi connectivity index (χ0) is 22.4. The summed E-state index contributed by atoms with van der Waals surface area (Å²) in [6.45, 7) is 0.943. The molecular weight excluding hydrogens is 403 g/mol. The van der Waals surface area contributed by atoms with Crippen molar-refractivity contribution in [3.05, 3.63) is 52.6 Å². The highest BCUT2D eigenvalue weighted by Gasteiger charge is 2.42. The highest BCUT2D eigenvalue weighted by molar-refractivity contribution is 6.06. The summed E-state index contributed by atoms with van der Waals surface area (Å²) in [4.78, 5) is 43.1. The van der Waals surface area contributed by atoms with Gasteiger partial charge in [0.15, 0.2) is 11.4 Å². The highest BCUT2D eigenvalue weighted by atomic mass is 19.1. The average molecular weight is 428 g/mol. The van der Waals surface area contributed by atoms with E-state index in [1.807, 2.05) is 0 Å². The van der Waals surface area contributed by atoms with Crippen LogP contribution in [0, 0.1) is 5.82 Å². The molecule has 2 aromatic rings. The van der Waals surface area contributed by atoms with Crippen LogP contribution in [0.5, 0.6) is 5.75 Å². The molecule has 1 atom stereocenters. The summed E-state index contributed by atoms with van der Waals surface area (Å²) in [7, 11) is 4.96. The first-order valence-electron chi connectivity index (χ1n) is 10.1. The molecule has 1 aromatic carbocycles. The van der Waals surface area contributed by atoms with Crippen LogP contribution in [0.15, 0.2) is 24.3 Å². The van der Waals surface area contributed by atoms with Crippen molar-refractivity contribution < 1.29 is 23.9 Å². The SMILES string of the molecule is CN(C)C(=O)CC1Cn2c3c(c(O)c2C(=O)N1Cc1ccc(F)cc1)C(=O)N(C)CC3. The maximum atomic E-state index is 13.5. The van der Waals surface area contributed by atoms with Gasteiger partial charge in [-0.05, 0) is 17.7 Å². The lowest BCUT2D eigenvalue weighted by Crippen LogP contribution is -2.49. The number of amides is 3. The van der Waals surface area contributed by atoms with Crippen LogP contribution in [-0.2, 0) is 24.3 Å². The van der Waals surface area contributed by atoms with Gasteiger partial charge in [-0.2, -0.15) is 0 Å². The van der Waals surface area contributed by atoms with E-state index < -0.39 is 11.9 Å². The Balaban J connectivity index is 1.77. The molecule has 1 unspecified atom stereocenters. The van der Waals surface area contributed by atoms with E-state index in [-0.39, 0.29) is 47.6 Å². The van der Waals surface area contributed by atoms with Crippen LogP contribution in [0.4, 0.5) is 4.39 Å². The molecule has 164 valence electrons. The Labute approximate surface area is 179 Å². The van der Waals surface area contributed by atoms with Gasteiger partial charge in [-0.1, -0.05) is 12.1 Å². The van der Waals surface area contributed by atoms with E-state index >= 15 is 0 Å². The Morgan fingerprint density at radius 3 is 2.52 bits per heavy atom. The second-order valence-electron chi connectivity index (χ2n) is 8.31. The fourth-order valence-corrected chi connectivity index (χ4v) is 4.28. The van der Waals surface area contributed by atoms with Crippen molar-refractivity contribution in [1.82, 2.24) is 19.3 Å². The number of aromatic nitrogens is 1. The molecule has 2 aliphatic heterocycles. The van der Waals surface area contributed by atoms with E-state index in [2.05, 4.69) is 0 Å². The molecule has 8 nitrogen and oxygen atoms in total. The Bertz CT molecular complexity index is 1060. The molecule has 31 heavy (non-hydrogen) atoms. The second kappa shape index (κ2) is 7.72. The van der Waals surface area contributed by atoms with Crippen LogP contribution in [0.25, 0.3) is 0 Å². The number of fused-ring (bicyclic) bond motifs is 3. The Morgan fingerprint density at radius 2 is 1.87 bits per heavy atom. The minimum atomic E-state index is -0.467. The first-order chi connectivity index (χ1) is 14.7. The first-order valence-corrected chi connectivity index (χ1v) is 10.1. The van der Waals surface area contributed by atoms with Gasteiger partial charge in [-0.25, -0.2) is 4.39 Å². The van der Waals surface area contributed by atoms with Crippen LogP contribution in [0.3, 0.4) is 0 Å². The number of aromatic hydroxyl groups is 1. The molecule has 0 bridgehead atoms. The predicted octanol–water partition coefficient (Wildman–Crippen LogP) is 1.46. The molecule has 3 heterocycles. The van der Waals surface area contributed by atoms with Gasteiger partial charge < -0.3 is 24.4 Å². The molecule has 1 aromatic heterocycles. The molecule has 0 spiro atoms. The summed E-state index contributed by atoms with van der Waals surface area (Å²) in [5.41, 5.74) is 1.58. The van der Waals surface area contributed by atoms with Gasteiger partial charge in [0.05, 0.1) is 6.04 Å². The zero-order valence-corrected chi connectivity index (χ0v) is 17.8. The van der Waals surface area contributed by atoms with Crippen LogP contribution in [0.1, 0.15) is 38.5 Å². The van der Waals surface area contributed by atoms with Gasteiger partial charge in [-0.15, -0.1) is 0 Å². The van der Waals surface area contributed by atoms with Crippen molar-refractivity contribution in [3.8, 4) is 5.75 Å². The summed E-state index contributed by atoms with van der Waals surface area (Å²) >= 11 is 0. The Kier molecular flexibility index (Phi) is 5.20. The minimum absolute atomic E-state index is 0.0734. The minimum Gasteiger partial charge on any atom is -0.505 e. The van der Waals surface area contributed by atoms with Crippen molar-refractivity contribution in [2.24, 2.45) is 0 Å². The fraction of sp³-hybridized carbons (Fsp3) is 0.409. The summed E-state index contributed by atoms with van der Waals surface area (Å²) in [6, 6.07) is 5.34. The van der Waals surface area contributed by atoms with Crippen LogP contribution >= 0.6 is 0 Å². The molecule has 9 heteroatoms. The standard InChI is InChI=1S/C22H25FN4O4/c1-24(2)17(28)10-15-12-27-16-8-9-25(3)21(30)18(16)20(29)19(27)22(31)26(15)11-13-4-6-14(23)7-5-13/h4-7,15,29H,8-12H2,1-3H3. The van der Waals surface area contributed by atoms with Crippen LogP contribution < -0.4 is 0 Å². The van der Waals surface area contributed by atoms with Gasteiger partial charge in [0.2, 0.25) is 5.91 Å². The number of carbonyl (C=O) groups is 3. The quantitative estimate of drug-likeness (QED) is 0.799. The number of benzene rings is 1. The van der Waals surface area contributed by atoms with Gasteiger partial charge in [0.25, 0.3) is 11.8 Å². The maximum absolute atomic E-state index is 13.5. The van der Waals surface area contributed by atoms with Crippen molar-refractivity contribution in [2.45, 2.75) is 32.0 Å². The predicted molar refractivity (Wildman–Crippen MR) is 110 cm³/mol. The lowest BCUT2D eigenvalue weighted by atomic mass is 10.1. The van der Waals surface area contributed by atoms with Crippen molar-refractivity contribution >= 4 is 17.7 Å². The van der Waals surface area contributed by atoms with Crippen molar-refractivity contribution in [3.63, 3.8) is 0 Å². The van der Waals surface area contributed by atoms with E-state index in [4.69, 9.17) is 0 Å². The third-order valence-electron chi connectivity index (χ3n) is 6.06. The van der Waals surface area contributed by atoms with E-state index in [1.165, 1.54) is 26.8 Å². The fourth-order valence-electron chi connectivity index (χ4n) is 4.28. The smallest absolute Gasteiger partial charge is 0.275 e. The van der Waals surface area contributed by atoms with Crippen molar-refractivity contribution in [1.29, 1.82) is 0 Å². The molecule has 0 fully saturated rings. The number of hydrogen-bond acceptors (Lipinski definition) is 4. The number of hydrogen-bond donors (Lipinski definition) is 1. The normalized spacial score (nSPS) is 18.1. The maximum Gasteiger partial charge on any atom is 0.275 e. The van der Waals surface area contributed by atoms with Crippen LogP contribution in [-0.4, -0.2) is 75.8 Å². The summed E-state index contributed by atoms with van der Waals surface area (Å²) in [6.07, 6.45) is 0.617. The monoisotopic (exact) mass is 428 g/mol. The summed E-state index contributed by atoms with van der Waals surface area (Å²) < 4.78 is 15.0. The number of rotatable bonds is 4.